The number of rotatable bonds is 5. The van der Waals surface area contributed by atoms with E-state index in [1.165, 1.54) is 5.56 Å². The Morgan fingerprint density at radius 2 is 1.88 bits per heavy atom. The second-order valence-electron chi connectivity index (χ2n) is 7.66. The van der Waals surface area contributed by atoms with Crippen LogP contribution in [0.2, 0.25) is 0 Å². The number of likely N-dealkylation sites (tertiary alicyclic amines) is 2. The minimum Gasteiger partial charge on any atom is -0.342 e. The first-order valence-corrected chi connectivity index (χ1v) is 10.8. The van der Waals surface area contributed by atoms with Crippen molar-refractivity contribution in [3.63, 3.8) is 0 Å². The third kappa shape index (κ3) is 4.43. The van der Waals surface area contributed by atoms with E-state index >= 15 is 0 Å². The van der Waals surface area contributed by atoms with E-state index < -0.39 is 0 Å². The Kier molecular flexibility index (Phi) is 6.28. The second kappa shape index (κ2) is 8.47. The van der Waals surface area contributed by atoms with Crippen molar-refractivity contribution in [2.24, 2.45) is 5.41 Å². The molecule has 2 amide bonds. The van der Waals surface area contributed by atoms with Gasteiger partial charge in [-0.25, -0.2) is 0 Å². The number of thioether (sulfide) groups is 1. The molecule has 0 saturated carbocycles. The van der Waals surface area contributed by atoms with Crippen molar-refractivity contribution in [3.8, 4) is 0 Å². The van der Waals surface area contributed by atoms with Gasteiger partial charge in [0, 0.05) is 32.6 Å². The zero-order valence-corrected chi connectivity index (χ0v) is 16.8. The lowest BCUT2D eigenvalue weighted by atomic mass is 9.72. The second-order valence-corrected chi connectivity index (χ2v) is 9.28. The number of amides is 2. The molecule has 0 bridgehead atoms. The predicted octanol–water partition coefficient (Wildman–Crippen LogP) is 3.56. The molecule has 1 unspecified atom stereocenters. The first-order chi connectivity index (χ1) is 12.5. The Hall–Kier alpha value is -1.49. The van der Waals surface area contributed by atoms with Crippen LogP contribution in [0.3, 0.4) is 0 Å². The lowest BCUT2D eigenvalue weighted by molar-refractivity contribution is -0.142. The molecule has 2 heterocycles. The molecule has 2 aliphatic heterocycles. The Morgan fingerprint density at radius 3 is 2.54 bits per heavy atom. The molecule has 5 heteroatoms. The minimum atomic E-state index is 0.0524. The van der Waals surface area contributed by atoms with Gasteiger partial charge in [-0.1, -0.05) is 37.3 Å². The molecule has 1 aromatic rings. The van der Waals surface area contributed by atoms with Crippen LogP contribution in [-0.4, -0.2) is 52.3 Å². The topological polar surface area (TPSA) is 40.6 Å². The molecule has 4 nitrogen and oxygen atoms in total. The number of carbonyl (C=O) groups excluding carboxylic acids is 2. The van der Waals surface area contributed by atoms with Gasteiger partial charge < -0.3 is 9.80 Å². The number of hydrogen-bond acceptors (Lipinski definition) is 3. The molecule has 0 aromatic heterocycles. The molecule has 0 N–H and O–H groups in total. The van der Waals surface area contributed by atoms with Gasteiger partial charge in [0.2, 0.25) is 11.8 Å². The summed E-state index contributed by atoms with van der Waals surface area (Å²) in [4.78, 5) is 29.0. The zero-order valence-electron chi connectivity index (χ0n) is 15.9. The maximum absolute atomic E-state index is 12.6. The number of benzene rings is 1. The van der Waals surface area contributed by atoms with Crippen molar-refractivity contribution >= 4 is 23.6 Å². The highest BCUT2D eigenvalue weighted by Crippen LogP contribution is 2.41. The number of carbonyl (C=O) groups is 2. The summed E-state index contributed by atoms with van der Waals surface area (Å²) >= 11 is 1.72. The van der Waals surface area contributed by atoms with Crippen molar-refractivity contribution in [1.29, 1.82) is 0 Å². The van der Waals surface area contributed by atoms with Gasteiger partial charge in [0.15, 0.2) is 0 Å². The molecule has 1 aromatic carbocycles. The van der Waals surface area contributed by atoms with Gasteiger partial charge in [0.1, 0.15) is 0 Å². The molecular weight excluding hydrogens is 344 g/mol. The van der Waals surface area contributed by atoms with Crippen molar-refractivity contribution in [2.75, 3.05) is 25.4 Å². The fraction of sp³-hybridized carbons (Fsp3) is 0.619. The third-order valence-corrected chi connectivity index (χ3v) is 6.90. The van der Waals surface area contributed by atoms with Crippen LogP contribution < -0.4 is 0 Å². The summed E-state index contributed by atoms with van der Waals surface area (Å²) in [6, 6.07) is 10.2. The van der Waals surface area contributed by atoms with Crippen LogP contribution in [-0.2, 0) is 16.1 Å². The maximum atomic E-state index is 12.6. The summed E-state index contributed by atoms with van der Waals surface area (Å²) in [7, 11) is 0. The molecule has 142 valence electrons. The summed E-state index contributed by atoms with van der Waals surface area (Å²) in [6.07, 6.45) is 3.64. The van der Waals surface area contributed by atoms with Crippen molar-refractivity contribution < 1.29 is 9.59 Å². The fourth-order valence-electron chi connectivity index (χ4n) is 4.24. The molecule has 2 fully saturated rings. The molecule has 3 rings (SSSR count). The number of nitrogens with zero attached hydrogens (tertiary/aromatic N) is 2. The first-order valence-electron chi connectivity index (χ1n) is 9.75. The maximum Gasteiger partial charge on any atom is 0.235 e. The summed E-state index contributed by atoms with van der Waals surface area (Å²) in [6.45, 7) is 7.32. The van der Waals surface area contributed by atoms with Crippen LogP contribution >= 0.6 is 11.8 Å². The average Bonchev–Trinajstić information content (AvgIpc) is 2.66. The van der Waals surface area contributed by atoms with E-state index in [1.54, 1.807) is 11.8 Å². The smallest absolute Gasteiger partial charge is 0.235 e. The summed E-state index contributed by atoms with van der Waals surface area (Å²) in [5.74, 6) is 1.52. The van der Waals surface area contributed by atoms with Gasteiger partial charge in [0.25, 0.3) is 0 Å². The SMILES string of the molecule is CCSC(C)C(=O)N1CCC2(CCC(=O)N(Cc3ccccc3)C2)CC1. The van der Waals surface area contributed by atoms with Crippen LogP contribution in [0.15, 0.2) is 30.3 Å². The Bertz CT molecular complexity index is 626. The van der Waals surface area contributed by atoms with Crippen LogP contribution in [0.4, 0.5) is 0 Å². The third-order valence-electron chi connectivity index (χ3n) is 5.86. The quantitative estimate of drug-likeness (QED) is 0.791. The van der Waals surface area contributed by atoms with Crippen LogP contribution in [0.5, 0.6) is 0 Å². The highest BCUT2D eigenvalue weighted by Gasteiger charge is 2.42. The molecule has 2 aliphatic rings. The standard InChI is InChI=1S/C21H30N2O2S/c1-3-26-17(2)20(25)22-13-11-21(12-14-22)10-9-19(24)23(16-21)15-18-7-5-4-6-8-18/h4-8,17H,3,9-16H2,1-2H3. The van der Waals surface area contributed by atoms with E-state index in [4.69, 9.17) is 0 Å². The molecular formula is C21H30N2O2S. The van der Waals surface area contributed by atoms with Gasteiger partial charge in [-0.05, 0) is 42.9 Å². The van der Waals surface area contributed by atoms with E-state index in [9.17, 15) is 9.59 Å². The molecule has 1 atom stereocenters. The summed E-state index contributed by atoms with van der Waals surface area (Å²) in [5, 5.41) is 0.0524. The van der Waals surface area contributed by atoms with Crippen LogP contribution in [0.1, 0.15) is 45.1 Å². The largest absolute Gasteiger partial charge is 0.342 e. The molecule has 0 radical (unpaired) electrons. The monoisotopic (exact) mass is 374 g/mol. The van der Waals surface area contributed by atoms with Gasteiger partial charge in [-0.3, -0.25) is 9.59 Å². The lowest BCUT2D eigenvalue weighted by Crippen LogP contribution is -2.52. The van der Waals surface area contributed by atoms with E-state index in [2.05, 4.69) is 19.1 Å². The molecule has 26 heavy (non-hydrogen) atoms. The number of hydrogen-bond donors (Lipinski definition) is 0. The Morgan fingerprint density at radius 1 is 1.19 bits per heavy atom. The zero-order chi connectivity index (χ0) is 18.6. The highest BCUT2D eigenvalue weighted by molar-refractivity contribution is 8.00. The minimum absolute atomic E-state index is 0.0524. The van der Waals surface area contributed by atoms with E-state index in [0.717, 1.165) is 44.6 Å². The average molecular weight is 375 g/mol. The normalized spacial score (nSPS) is 21.1. The van der Waals surface area contributed by atoms with Crippen molar-refractivity contribution in [1.82, 2.24) is 9.80 Å². The van der Waals surface area contributed by atoms with Crippen molar-refractivity contribution in [3.05, 3.63) is 35.9 Å². The van der Waals surface area contributed by atoms with E-state index in [-0.39, 0.29) is 22.5 Å². The predicted molar refractivity (Wildman–Crippen MR) is 107 cm³/mol. The van der Waals surface area contributed by atoms with Gasteiger partial charge in [-0.15, -0.1) is 11.8 Å². The Balaban J connectivity index is 1.59. The van der Waals surface area contributed by atoms with Crippen molar-refractivity contribution in [2.45, 2.75) is 51.3 Å². The van der Waals surface area contributed by atoms with Gasteiger partial charge >= 0.3 is 0 Å². The fourth-order valence-corrected chi connectivity index (χ4v) is 5.03. The molecule has 2 saturated heterocycles. The van der Waals surface area contributed by atoms with Gasteiger partial charge in [0.05, 0.1) is 5.25 Å². The van der Waals surface area contributed by atoms with Crippen LogP contribution in [0, 0.1) is 5.41 Å². The highest BCUT2D eigenvalue weighted by atomic mass is 32.2. The molecule has 1 spiro atoms. The van der Waals surface area contributed by atoms with E-state index in [0.29, 0.717) is 13.0 Å². The Labute approximate surface area is 161 Å². The van der Waals surface area contributed by atoms with Gasteiger partial charge in [-0.2, -0.15) is 0 Å². The summed E-state index contributed by atoms with van der Waals surface area (Å²) in [5.41, 5.74) is 1.39. The lowest BCUT2D eigenvalue weighted by Gasteiger charge is -2.47. The summed E-state index contributed by atoms with van der Waals surface area (Å²) < 4.78 is 0. The number of piperidine rings is 2. The van der Waals surface area contributed by atoms with Crippen LogP contribution in [0.25, 0.3) is 0 Å². The van der Waals surface area contributed by atoms with E-state index in [1.807, 2.05) is 34.9 Å². The first kappa shape index (κ1) is 19.3. The molecule has 0 aliphatic carbocycles.